The molecule has 1 saturated carbocycles. The fourth-order valence-electron chi connectivity index (χ4n) is 4.23. The highest BCUT2D eigenvalue weighted by atomic mass is 127. The molecule has 25 heavy (non-hydrogen) atoms. The lowest BCUT2D eigenvalue weighted by Gasteiger charge is -2.38. The van der Waals surface area contributed by atoms with Gasteiger partial charge < -0.3 is 4.90 Å². The molecule has 3 rings (SSSR count). The summed E-state index contributed by atoms with van der Waals surface area (Å²) in [5.74, 6) is 2.86. The number of hydrogen-bond acceptors (Lipinski definition) is 2. The molecule has 1 saturated heterocycles. The SMILES string of the molecule is CC1C/C=C/C[C@@H](CN2CCN(C(=O)C3CC3)CC2)[C@@H](C)/C(=C/I)C1. The van der Waals surface area contributed by atoms with Gasteiger partial charge in [-0.15, -0.1) is 0 Å². The number of nitrogens with zero attached hydrogens (tertiary/aromatic N) is 2. The third-order valence-corrected chi connectivity index (χ3v) is 7.06. The number of halogens is 1. The van der Waals surface area contributed by atoms with Crippen LogP contribution >= 0.6 is 22.6 Å². The van der Waals surface area contributed by atoms with Gasteiger partial charge in [0, 0.05) is 38.6 Å². The zero-order valence-electron chi connectivity index (χ0n) is 15.8. The lowest BCUT2D eigenvalue weighted by atomic mass is 9.82. The smallest absolute Gasteiger partial charge is 0.225 e. The van der Waals surface area contributed by atoms with Crippen molar-refractivity contribution in [2.45, 2.75) is 46.0 Å². The molecule has 1 amide bonds. The van der Waals surface area contributed by atoms with Gasteiger partial charge in [0.15, 0.2) is 0 Å². The Bertz CT molecular complexity index is 518. The van der Waals surface area contributed by atoms with Crippen LogP contribution in [-0.2, 0) is 4.79 Å². The van der Waals surface area contributed by atoms with Crippen LogP contribution in [0.25, 0.3) is 0 Å². The van der Waals surface area contributed by atoms with E-state index in [1.165, 1.54) is 25.8 Å². The lowest BCUT2D eigenvalue weighted by molar-refractivity contribution is -0.134. The number of hydrogen-bond donors (Lipinski definition) is 0. The topological polar surface area (TPSA) is 23.6 Å². The molecule has 3 aliphatic rings. The molecule has 0 aromatic heterocycles. The number of carbonyl (C=O) groups is 1. The molecule has 140 valence electrons. The third-order valence-electron chi connectivity index (χ3n) is 6.26. The Hall–Kier alpha value is -0.360. The van der Waals surface area contributed by atoms with Gasteiger partial charge >= 0.3 is 0 Å². The third kappa shape index (κ3) is 5.31. The Balaban J connectivity index is 1.56. The lowest BCUT2D eigenvalue weighted by Crippen LogP contribution is -2.50. The van der Waals surface area contributed by atoms with Crippen molar-refractivity contribution in [3.8, 4) is 0 Å². The van der Waals surface area contributed by atoms with Crippen molar-refractivity contribution >= 4 is 28.5 Å². The van der Waals surface area contributed by atoms with E-state index in [1.54, 1.807) is 5.57 Å². The Morgan fingerprint density at radius 1 is 1.16 bits per heavy atom. The minimum absolute atomic E-state index is 0.365. The predicted molar refractivity (Wildman–Crippen MR) is 113 cm³/mol. The maximum Gasteiger partial charge on any atom is 0.225 e. The van der Waals surface area contributed by atoms with Crippen LogP contribution in [0.2, 0.25) is 0 Å². The van der Waals surface area contributed by atoms with Gasteiger partial charge in [0.2, 0.25) is 5.91 Å². The first-order valence-corrected chi connectivity index (χ1v) is 11.3. The Morgan fingerprint density at radius 2 is 1.84 bits per heavy atom. The number of allylic oxidation sites excluding steroid dienone is 3. The van der Waals surface area contributed by atoms with Crippen molar-refractivity contribution in [2.75, 3.05) is 32.7 Å². The van der Waals surface area contributed by atoms with Crippen LogP contribution in [0, 0.1) is 23.7 Å². The molecule has 1 unspecified atom stereocenters. The van der Waals surface area contributed by atoms with Gasteiger partial charge in [0.05, 0.1) is 0 Å². The van der Waals surface area contributed by atoms with E-state index in [-0.39, 0.29) is 0 Å². The molecule has 3 atom stereocenters. The van der Waals surface area contributed by atoms with E-state index in [1.807, 2.05) is 0 Å². The molecule has 0 aromatic rings. The molecule has 0 bridgehead atoms. The molecule has 0 N–H and O–H groups in total. The molecule has 1 aliphatic heterocycles. The Kier molecular flexibility index (Phi) is 7.01. The minimum Gasteiger partial charge on any atom is -0.340 e. The fraction of sp³-hybridized carbons (Fsp3) is 0.762. The highest BCUT2D eigenvalue weighted by Gasteiger charge is 2.35. The predicted octanol–water partition coefficient (Wildman–Crippen LogP) is 4.49. The normalized spacial score (nSPS) is 35.1. The molecular weight excluding hydrogens is 423 g/mol. The zero-order valence-corrected chi connectivity index (χ0v) is 18.0. The summed E-state index contributed by atoms with van der Waals surface area (Å²) in [7, 11) is 0. The second-order valence-corrected chi connectivity index (χ2v) is 9.01. The maximum absolute atomic E-state index is 12.2. The van der Waals surface area contributed by atoms with Crippen LogP contribution in [0.5, 0.6) is 0 Å². The molecule has 1 heterocycles. The number of piperazine rings is 1. The molecule has 4 heteroatoms. The van der Waals surface area contributed by atoms with E-state index >= 15 is 0 Å². The van der Waals surface area contributed by atoms with Crippen molar-refractivity contribution in [2.24, 2.45) is 23.7 Å². The largest absolute Gasteiger partial charge is 0.340 e. The molecular formula is C21H33IN2O. The van der Waals surface area contributed by atoms with Gasteiger partial charge in [0.25, 0.3) is 0 Å². The van der Waals surface area contributed by atoms with Crippen molar-refractivity contribution < 1.29 is 4.79 Å². The highest BCUT2D eigenvalue weighted by Crippen LogP contribution is 2.33. The average molecular weight is 456 g/mol. The van der Waals surface area contributed by atoms with Crippen LogP contribution in [0.3, 0.4) is 0 Å². The second-order valence-electron chi connectivity index (χ2n) is 8.39. The van der Waals surface area contributed by atoms with Gasteiger partial charge in [-0.05, 0) is 53.9 Å². The van der Waals surface area contributed by atoms with Gasteiger partial charge in [-0.1, -0.05) is 54.2 Å². The van der Waals surface area contributed by atoms with Crippen molar-refractivity contribution in [3.63, 3.8) is 0 Å². The summed E-state index contributed by atoms with van der Waals surface area (Å²) < 4.78 is 2.34. The minimum atomic E-state index is 0.365. The summed E-state index contributed by atoms with van der Waals surface area (Å²) in [5.41, 5.74) is 1.63. The van der Waals surface area contributed by atoms with Gasteiger partial charge in [-0.25, -0.2) is 0 Å². The molecule has 2 fully saturated rings. The highest BCUT2D eigenvalue weighted by molar-refractivity contribution is 14.1. The van der Waals surface area contributed by atoms with E-state index in [9.17, 15) is 4.79 Å². The molecule has 0 radical (unpaired) electrons. The van der Waals surface area contributed by atoms with E-state index in [0.717, 1.165) is 44.9 Å². The summed E-state index contributed by atoms with van der Waals surface area (Å²) in [4.78, 5) is 16.9. The summed E-state index contributed by atoms with van der Waals surface area (Å²) in [6.45, 7) is 9.91. The first-order chi connectivity index (χ1) is 12.1. The number of amides is 1. The average Bonchev–Trinajstić information content (AvgIpc) is 3.46. The van der Waals surface area contributed by atoms with Crippen molar-refractivity contribution in [1.29, 1.82) is 0 Å². The Morgan fingerprint density at radius 3 is 2.48 bits per heavy atom. The quantitative estimate of drug-likeness (QED) is 0.462. The van der Waals surface area contributed by atoms with Crippen LogP contribution in [0.15, 0.2) is 21.8 Å². The van der Waals surface area contributed by atoms with Gasteiger partial charge in [-0.2, -0.15) is 0 Å². The van der Waals surface area contributed by atoms with Crippen molar-refractivity contribution in [3.05, 3.63) is 21.8 Å². The van der Waals surface area contributed by atoms with E-state index in [4.69, 9.17) is 0 Å². The van der Waals surface area contributed by atoms with Crippen LogP contribution in [0.1, 0.15) is 46.0 Å². The molecule has 3 nitrogen and oxygen atoms in total. The standard InChI is InChI=1S/C21H33IN2O/c1-16-5-3-4-6-19(17(2)20(13-16)14-22)15-23-9-11-24(12-10-23)21(25)18-7-8-18/h3-4,14,16-19H,5-13,15H2,1-2H3/b4-3+,20-14+/t16?,17-,19+/m1/s1. The maximum atomic E-state index is 12.2. The molecule has 0 spiro atoms. The second kappa shape index (κ2) is 9.03. The van der Waals surface area contributed by atoms with Crippen LogP contribution in [0.4, 0.5) is 0 Å². The number of carbonyl (C=O) groups excluding carboxylic acids is 1. The monoisotopic (exact) mass is 456 g/mol. The molecule has 0 aromatic carbocycles. The summed E-state index contributed by atoms with van der Waals surface area (Å²) in [6, 6.07) is 0. The summed E-state index contributed by atoms with van der Waals surface area (Å²) in [6.07, 6.45) is 10.7. The first kappa shape index (κ1) is 19.4. The van der Waals surface area contributed by atoms with E-state index in [0.29, 0.717) is 23.7 Å². The van der Waals surface area contributed by atoms with Crippen molar-refractivity contribution in [1.82, 2.24) is 9.80 Å². The van der Waals surface area contributed by atoms with Gasteiger partial charge in [0.1, 0.15) is 0 Å². The summed E-state index contributed by atoms with van der Waals surface area (Å²) in [5, 5.41) is 0. The van der Waals surface area contributed by atoms with Crippen LogP contribution < -0.4 is 0 Å². The number of rotatable bonds is 3. The van der Waals surface area contributed by atoms with E-state index < -0.39 is 0 Å². The van der Waals surface area contributed by atoms with Crippen LogP contribution in [-0.4, -0.2) is 48.4 Å². The fourth-order valence-corrected chi connectivity index (χ4v) is 5.05. The molecule has 2 aliphatic carbocycles. The first-order valence-electron chi connectivity index (χ1n) is 10.0. The van der Waals surface area contributed by atoms with E-state index in [2.05, 4.69) is 62.5 Å². The zero-order chi connectivity index (χ0) is 17.8. The summed E-state index contributed by atoms with van der Waals surface area (Å²) >= 11 is 2.44. The Labute approximate surface area is 167 Å². The van der Waals surface area contributed by atoms with Gasteiger partial charge in [-0.3, -0.25) is 9.69 Å².